The molecule has 4 amide bonds. The van der Waals surface area contributed by atoms with Gasteiger partial charge in [-0.2, -0.15) is 0 Å². The van der Waals surface area contributed by atoms with Crippen molar-refractivity contribution >= 4 is 29.5 Å². The number of nitrogens with one attached hydrogen (secondary N) is 4. The van der Waals surface area contributed by atoms with Crippen molar-refractivity contribution < 1.29 is 28.7 Å². The van der Waals surface area contributed by atoms with E-state index < -0.39 is 24.0 Å². The van der Waals surface area contributed by atoms with E-state index in [-0.39, 0.29) is 62.5 Å². The van der Waals surface area contributed by atoms with Crippen molar-refractivity contribution in [2.45, 2.75) is 79.1 Å². The highest BCUT2D eigenvalue weighted by Crippen LogP contribution is 2.27. The van der Waals surface area contributed by atoms with Crippen LogP contribution in [0.15, 0.2) is 18.2 Å². The standard InChI is InChI=1S/C27H46N6O6/c1-16(2)23(31-18(5)6)25(35)33-21(8-7-12-30-27(29)37)24(34)32-20-10-9-19(14-22(20)38-13-11-28)15-39-26(36)17(3)4/h9-10,14,16-18,21,23,31H,7-8,11-13,15,28H2,1-6H3,(H,32,34)(H,33,35)(H3,29,30,37)/t21-,23-/m0/s1. The second-order valence-electron chi connectivity index (χ2n) is 10.3. The highest BCUT2D eigenvalue weighted by atomic mass is 16.5. The van der Waals surface area contributed by atoms with Crippen LogP contribution in [-0.4, -0.2) is 61.6 Å². The summed E-state index contributed by atoms with van der Waals surface area (Å²) in [7, 11) is 0. The number of urea groups is 1. The molecule has 0 saturated carbocycles. The lowest BCUT2D eigenvalue weighted by atomic mass is 10.0. The average Bonchev–Trinajstić information content (AvgIpc) is 2.86. The van der Waals surface area contributed by atoms with Crippen molar-refractivity contribution in [3.63, 3.8) is 0 Å². The summed E-state index contributed by atoms with van der Waals surface area (Å²) >= 11 is 0. The first-order valence-corrected chi connectivity index (χ1v) is 13.4. The summed E-state index contributed by atoms with van der Waals surface area (Å²) in [6.45, 7) is 12.0. The van der Waals surface area contributed by atoms with Crippen molar-refractivity contribution in [3.8, 4) is 5.75 Å². The van der Waals surface area contributed by atoms with E-state index in [0.29, 0.717) is 23.4 Å². The Bertz CT molecular complexity index is 953. The molecule has 12 heteroatoms. The smallest absolute Gasteiger partial charge is 0.312 e. The number of ether oxygens (including phenoxy) is 2. The van der Waals surface area contributed by atoms with E-state index >= 15 is 0 Å². The molecule has 0 aliphatic heterocycles. The van der Waals surface area contributed by atoms with Gasteiger partial charge in [-0.05, 0) is 36.5 Å². The minimum Gasteiger partial charge on any atom is -0.490 e. The number of amides is 4. The lowest BCUT2D eigenvalue weighted by Crippen LogP contribution is -2.54. The molecule has 0 saturated heterocycles. The highest BCUT2D eigenvalue weighted by molar-refractivity contribution is 5.98. The molecule has 1 aromatic carbocycles. The molecule has 2 atom stereocenters. The van der Waals surface area contributed by atoms with Crippen molar-refractivity contribution in [1.82, 2.24) is 16.0 Å². The van der Waals surface area contributed by atoms with Gasteiger partial charge in [0.05, 0.1) is 17.6 Å². The number of carbonyl (C=O) groups is 4. The first-order valence-electron chi connectivity index (χ1n) is 13.4. The fraction of sp³-hybridized carbons (Fsp3) is 0.630. The van der Waals surface area contributed by atoms with Crippen LogP contribution >= 0.6 is 0 Å². The van der Waals surface area contributed by atoms with E-state index in [0.717, 1.165) is 0 Å². The molecule has 0 aliphatic rings. The summed E-state index contributed by atoms with van der Waals surface area (Å²) in [6, 6.07) is 3.04. The van der Waals surface area contributed by atoms with Crippen LogP contribution in [0.4, 0.5) is 10.5 Å². The fourth-order valence-electron chi connectivity index (χ4n) is 3.57. The van der Waals surface area contributed by atoms with Crippen molar-refractivity contribution in [3.05, 3.63) is 23.8 Å². The number of carbonyl (C=O) groups excluding carboxylic acids is 4. The van der Waals surface area contributed by atoms with Crippen LogP contribution in [0.25, 0.3) is 0 Å². The van der Waals surface area contributed by atoms with Crippen LogP contribution in [-0.2, 0) is 25.7 Å². The van der Waals surface area contributed by atoms with Gasteiger partial charge >= 0.3 is 12.0 Å². The fourth-order valence-corrected chi connectivity index (χ4v) is 3.57. The Morgan fingerprint density at radius 1 is 1.00 bits per heavy atom. The van der Waals surface area contributed by atoms with Crippen LogP contribution in [0.1, 0.15) is 59.9 Å². The third kappa shape index (κ3) is 12.8. The number of anilines is 1. The van der Waals surface area contributed by atoms with Crippen LogP contribution < -0.4 is 37.5 Å². The van der Waals surface area contributed by atoms with Gasteiger partial charge in [0.1, 0.15) is 25.0 Å². The van der Waals surface area contributed by atoms with Gasteiger partial charge in [-0.3, -0.25) is 14.4 Å². The van der Waals surface area contributed by atoms with E-state index in [1.807, 2.05) is 27.7 Å². The lowest BCUT2D eigenvalue weighted by molar-refractivity contribution is -0.148. The van der Waals surface area contributed by atoms with Gasteiger partial charge < -0.3 is 42.2 Å². The number of esters is 1. The van der Waals surface area contributed by atoms with Gasteiger partial charge in [0.25, 0.3) is 0 Å². The predicted molar refractivity (Wildman–Crippen MR) is 150 cm³/mol. The van der Waals surface area contributed by atoms with Gasteiger partial charge in [-0.15, -0.1) is 0 Å². The minimum atomic E-state index is -0.892. The number of primary amides is 1. The quantitative estimate of drug-likeness (QED) is 0.125. The van der Waals surface area contributed by atoms with Crippen LogP contribution in [0.3, 0.4) is 0 Å². The Morgan fingerprint density at radius 2 is 1.69 bits per heavy atom. The van der Waals surface area contributed by atoms with Gasteiger partial charge in [0.15, 0.2) is 0 Å². The Labute approximate surface area is 231 Å². The molecule has 39 heavy (non-hydrogen) atoms. The maximum absolute atomic E-state index is 13.4. The van der Waals surface area contributed by atoms with Gasteiger partial charge in [-0.25, -0.2) is 4.79 Å². The number of rotatable bonds is 17. The summed E-state index contributed by atoms with van der Waals surface area (Å²) in [5, 5.41) is 11.4. The second kappa shape index (κ2) is 17.3. The lowest BCUT2D eigenvalue weighted by Gasteiger charge is -2.27. The molecule has 0 aliphatic carbocycles. The Balaban J connectivity index is 3.12. The zero-order valence-corrected chi connectivity index (χ0v) is 24.0. The summed E-state index contributed by atoms with van der Waals surface area (Å²) < 4.78 is 11.0. The molecule has 0 radical (unpaired) electrons. The van der Waals surface area contributed by atoms with E-state index in [1.54, 1.807) is 32.0 Å². The average molecular weight is 551 g/mol. The Morgan fingerprint density at radius 3 is 2.26 bits per heavy atom. The second-order valence-corrected chi connectivity index (χ2v) is 10.3. The Kier molecular flexibility index (Phi) is 14.9. The molecule has 0 unspecified atom stereocenters. The van der Waals surface area contributed by atoms with E-state index in [2.05, 4.69) is 21.3 Å². The SMILES string of the molecule is CC(C)N[C@H](C(=O)N[C@@H](CCCNC(N)=O)C(=O)Nc1ccc(COC(=O)C(C)C)cc1OCCN)C(C)C. The van der Waals surface area contributed by atoms with Gasteiger partial charge in [0, 0.05) is 19.1 Å². The van der Waals surface area contributed by atoms with Gasteiger partial charge in [0.2, 0.25) is 11.8 Å². The van der Waals surface area contributed by atoms with Crippen molar-refractivity contribution in [1.29, 1.82) is 0 Å². The zero-order valence-electron chi connectivity index (χ0n) is 24.0. The summed E-state index contributed by atoms with van der Waals surface area (Å²) in [5.74, 6) is -0.995. The normalized spacial score (nSPS) is 12.7. The zero-order chi connectivity index (χ0) is 29.5. The third-order valence-electron chi connectivity index (χ3n) is 5.60. The van der Waals surface area contributed by atoms with Crippen LogP contribution in [0.5, 0.6) is 5.75 Å². The first kappa shape index (κ1) is 33.6. The molecule has 0 fully saturated rings. The molecule has 8 N–H and O–H groups in total. The van der Waals surface area contributed by atoms with E-state index in [4.69, 9.17) is 20.9 Å². The molecule has 0 spiro atoms. The maximum Gasteiger partial charge on any atom is 0.312 e. The van der Waals surface area contributed by atoms with E-state index in [1.165, 1.54) is 0 Å². The number of benzene rings is 1. The summed E-state index contributed by atoms with van der Waals surface area (Å²) in [5.41, 5.74) is 11.8. The molecular weight excluding hydrogens is 504 g/mol. The van der Waals surface area contributed by atoms with E-state index in [9.17, 15) is 19.2 Å². The third-order valence-corrected chi connectivity index (χ3v) is 5.60. The van der Waals surface area contributed by atoms with Gasteiger partial charge in [-0.1, -0.05) is 47.6 Å². The molecular formula is C27H46N6O6. The molecule has 220 valence electrons. The molecule has 12 nitrogen and oxygen atoms in total. The van der Waals surface area contributed by atoms with Crippen molar-refractivity contribution in [2.75, 3.05) is 25.0 Å². The summed E-state index contributed by atoms with van der Waals surface area (Å²) in [6.07, 6.45) is 0.661. The number of hydrogen-bond acceptors (Lipinski definition) is 8. The molecule has 1 aromatic rings. The molecule has 0 bridgehead atoms. The monoisotopic (exact) mass is 550 g/mol. The highest BCUT2D eigenvalue weighted by Gasteiger charge is 2.28. The van der Waals surface area contributed by atoms with Crippen LogP contribution in [0.2, 0.25) is 0 Å². The van der Waals surface area contributed by atoms with Crippen molar-refractivity contribution in [2.24, 2.45) is 23.3 Å². The minimum absolute atomic E-state index is 0.0127. The topological polar surface area (TPSA) is 187 Å². The predicted octanol–water partition coefficient (Wildman–Crippen LogP) is 1.62. The molecule has 0 aromatic heterocycles. The summed E-state index contributed by atoms with van der Waals surface area (Å²) in [4.78, 5) is 49.4. The number of hydrogen-bond donors (Lipinski definition) is 6. The number of nitrogens with two attached hydrogens (primary N) is 2. The molecule has 1 rings (SSSR count). The van der Waals surface area contributed by atoms with Crippen LogP contribution in [0, 0.1) is 11.8 Å². The molecule has 0 heterocycles. The first-order chi connectivity index (χ1) is 18.3. The largest absolute Gasteiger partial charge is 0.490 e. The maximum atomic E-state index is 13.4. The Hall–Kier alpha value is -3.38.